The molecular weight excluding hydrogens is 304 g/mol. The molecule has 2 aromatic rings. The second kappa shape index (κ2) is 9.08. The van der Waals surface area contributed by atoms with E-state index in [0.29, 0.717) is 25.7 Å². The van der Waals surface area contributed by atoms with Crippen molar-refractivity contribution >= 4 is 5.78 Å². The molecule has 0 spiro atoms. The fourth-order valence-electron chi connectivity index (χ4n) is 2.55. The first-order valence-electron chi connectivity index (χ1n) is 8.09. The van der Waals surface area contributed by atoms with E-state index >= 15 is 0 Å². The van der Waals surface area contributed by atoms with E-state index in [2.05, 4.69) is 0 Å². The normalized spacial score (nSPS) is 11.8. The van der Waals surface area contributed by atoms with Crippen LogP contribution in [0.1, 0.15) is 24.0 Å². The summed E-state index contributed by atoms with van der Waals surface area (Å²) in [5, 5.41) is 10.1. The molecule has 1 unspecified atom stereocenters. The van der Waals surface area contributed by atoms with Crippen LogP contribution >= 0.6 is 0 Å². The molecule has 1 atom stereocenters. The zero-order valence-corrected chi connectivity index (χ0v) is 14.2. The summed E-state index contributed by atoms with van der Waals surface area (Å²) in [6.07, 6.45) is 1.06. The largest absolute Gasteiger partial charge is 0.497 e. The van der Waals surface area contributed by atoms with Crippen molar-refractivity contribution in [2.45, 2.75) is 31.8 Å². The third kappa shape index (κ3) is 5.39. The molecule has 4 heteroatoms. The van der Waals surface area contributed by atoms with Gasteiger partial charge in [0.1, 0.15) is 17.6 Å². The third-order valence-electron chi connectivity index (χ3n) is 4.01. The predicted octanol–water partition coefficient (Wildman–Crippen LogP) is 3.20. The smallest absolute Gasteiger partial charge is 0.161 e. The molecule has 24 heavy (non-hydrogen) atoms. The lowest BCUT2D eigenvalue weighted by Crippen LogP contribution is -2.21. The van der Waals surface area contributed by atoms with Gasteiger partial charge in [-0.1, -0.05) is 24.3 Å². The molecule has 0 fully saturated rings. The van der Waals surface area contributed by atoms with Crippen molar-refractivity contribution in [3.05, 3.63) is 59.7 Å². The number of rotatable bonds is 9. The molecule has 0 heterocycles. The second-order valence-electron chi connectivity index (χ2n) is 5.72. The van der Waals surface area contributed by atoms with Crippen LogP contribution in [0.2, 0.25) is 0 Å². The highest BCUT2D eigenvalue weighted by molar-refractivity contribution is 5.83. The number of aryl methyl sites for hydroxylation is 2. The molecule has 0 aliphatic rings. The standard InChI is InChI=1S/C20H24O4/c1-23-17-7-3-5-15(13-17)9-11-19(21)20(22)12-10-16-6-4-8-18(14-16)24-2/h3-8,13-14,19,21H,9-12H2,1-2H3. The van der Waals surface area contributed by atoms with Gasteiger partial charge in [-0.2, -0.15) is 0 Å². The summed E-state index contributed by atoms with van der Waals surface area (Å²) in [6, 6.07) is 15.3. The Morgan fingerprint density at radius 3 is 2.04 bits per heavy atom. The topological polar surface area (TPSA) is 55.8 Å². The van der Waals surface area contributed by atoms with Crippen LogP contribution in [0.25, 0.3) is 0 Å². The lowest BCUT2D eigenvalue weighted by atomic mass is 10.00. The Balaban J connectivity index is 1.81. The zero-order valence-electron chi connectivity index (χ0n) is 14.2. The molecule has 0 bridgehead atoms. The SMILES string of the molecule is COc1cccc(CCC(=O)C(O)CCc2cccc(OC)c2)c1. The fraction of sp³-hybridized carbons (Fsp3) is 0.350. The molecule has 128 valence electrons. The highest BCUT2D eigenvalue weighted by Gasteiger charge is 2.15. The quantitative estimate of drug-likeness (QED) is 0.768. The van der Waals surface area contributed by atoms with Gasteiger partial charge in [0.15, 0.2) is 5.78 Å². The summed E-state index contributed by atoms with van der Waals surface area (Å²) in [7, 11) is 3.24. The van der Waals surface area contributed by atoms with Crippen LogP contribution in [-0.4, -0.2) is 31.2 Å². The third-order valence-corrected chi connectivity index (χ3v) is 4.01. The van der Waals surface area contributed by atoms with Gasteiger partial charge < -0.3 is 14.6 Å². The van der Waals surface area contributed by atoms with Gasteiger partial charge in [-0.15, -0.1) is 0 Å². The van der Waals surface area contributed by atoms with Crippen molar-refractivity contribution in [3.63, 3.8) is 0 Å². The number of methoxy groups -OCH3 is 2. The summed E-state index contributed by atoms with van der Waals surface area (Å²) in [4.78, 5) is 12.1. The first-order valence-corrected chi connectivity index (χ1v) is 8.09. The van der Waals surface area contributed by atoms with Gasteiger partial charge in [0.25, 0.3) is 0 Å². The van der Waals surface area contributed by atoms with Crippen LogP contribution in [0, 0.1) is 0 Å². The van der Waals surface area contributed by atoms with E-state index in [1.807, 2.05) is 48.5 Å². The van der Waals surface area contributed by atoms with Crippen molar-refractivity contribution in [3.8, 4) is 11.5 Å². The Morgan fingerprint density at radius 2 is 1.50 bits per heavy atom. The van der Waals surface area contributed by atoms with Gasteiger partial charge in [-0.05, 0) is 54.7 Å². The summed E-state index contributed by atoms with van der Waals surface area (Å²) >= 11 is 0. The maximum atomic E-state index is 12.1. The van der Waals surface area contributed by atoms with Gasteiger partial charge in [-0.25, -0.2) is 0 Å². The number of hydrogen-bond acceptors (Lipinski definition) is 4. The van der Waals surface area contributed by atoms with Crippen molar-refractivity contribution in [1.82, 2.24) is 0 Å². The maximum Gasteiger partial charge on any atom is 0.161 e. The number of carbonyl (C=O) groups is 1. The monoisotopic (exact) mass is 328 g/mol. The Kier molecular flexibility index (Phi) is 6.82. The number of carbonyl (C=O) groups excluding carboxylic acids is 1. The van der Waals surface area contributed by atoms with E-state index in [1.54, 1.807) is 14.2 Å². The summed E-state index contributed by atoms with van der Waals surface area (Å²) in [5.74, 6) is 1.44. The van der Waals surface area contributed by atoms with Crippen molar-refractivity contribution in [2.75, 3.05) is 14.2 Å². The van der Waals surface area contributed by atoms with Gasteiger partial charge in [0.2, 0.25) is 0 Å². The zero-order chi connectivity index (χ0) is 17.4. The lowest BCUT2D eigenvalue weighted by Gasteiger charge is -2.11. The fourth-order valence-corrected chi connectivity index (χ4v) is 2.55. The molecule has 4 nitrogen and oxygen atoms in total. The van der Waals surface area contributed by atoms with Gasteiger partial charge in [0.05, 0.1) is 14.2 Å². The molecule has 0 aromatic heterocycles. The van der Waals surface area contributed by atoms with E-state index in [9.17, 15) is 9.90 Å². The van der Waals surface area contributed by atoms with Crippen LogP contribution in [0.5, 0.6) is 11.5 Å². The number of aliphatic hydroxyl groups is 1. The first kappa shape index (κ1) is 18.0. The van der Waals surface area contributed by atoms with Crippen LogP contribution < -0.4 is 9.47 Å². The Morgan fingerprint density at radius 1 is 0.958 bits per heavy atom. The number of ketones is 1. The average molecular weight is 328 g/mol. The molecule has 0 saturated heterocycles. The van der Waals surface area contributed by atoms with Gasteiger partial charge in [-0.3, -0.25) is 4.79 Å². The number of Topliss-reactive ketones (excluding diaryl/α,β-unsaturated/α-hetero) is 1. The van der Waals surface area contributed by atoms with Crippen LogP contribution in [0.15, 0.2) is 48.5 Å². The van der Waals surface area contributed by atoms with Crippen molar-refractivity contribution < 1.29 is 19.4 Å². The Bertz CT molecular complexity index is 666. The van der Waals surface area contributed by atoms with Crippen molar-refractivity contribution in [2.24, 2.45) is 0 Å². The van der Waals surface area contributed by atoms with E-state index in [4.69, 9.17) is 9.47 Å². The molecule has 0 saturated carbocycles. The Hall–Kier alpha value is -2.33. The van der Waals surface area contributed by atoms with E-state index in [0.717, 1.165) is 22.6 Å². The predicted molar refractivity (Wildman–Crippen MR) is 93.6 cm³/mol. The highest BCUT2D eigenvalue weighted by Crippen LogP contribution is 2.17. The minimum Gasteiger partial charge on any atom is -0.497 e. The molecule has 0 radical (unpaired) electrons. The summed E-state index contributed by atoms with van der Waals surface area (Å²) in [6.45, 7) is 0. The molecule has 2 rings (SSSR count). The van der Waals surface area contributed by atoms with Gasteiger partial charge in [0, 0.05) is 6.42 Å². The highest BCUT2D eigenvalue weighted by atomic mass is 16.5. The first-order chi connectivity index (χ1) is 11.6. The van der Waals surface area contributed by atoms with Crippen LogP contribution in [0.3, 0.4) is 0 Å². The molecule has 2 aromatic carbocycles. The number of benzene rings is 2. The van der Waals surface area contributed by atoms with Crippen LogP contribution in [-0.2, 0) is 17.6 Å². The molecule has 1 N–H and O–H groups in total. The van der Waals surface area contributed by atoms with Gasteiger partial charge >= 0.3 is 0 Å². The Labute approximate surface area is 143 Å². The second-order valence-corrected chi connectivity index (χ2v) is 5.72. The van der Waals surface area contributed by atoms with E-state index in [1.165, 1.54) is 0 Å². The minimum atomic E-state index is -0.929. The average Bonchev–Trinajstić information content (AvgIpc) is 2.64. The van der Waals surface area contributed by atoms with E-state index in [-0.39, 0.29) is 5.78 Å². The number of aliphatic hydroxyl groups excluding tert-OH is 1. The molecule has 0 amide bonds. The maximum absolute atomic E-state index is 12.1. The lowest BCUT2D eigenvalue weighted by molar-refractivity contribution is -0.127. The van der Waals surface area contributed by atoms with E-state index < -0.39 is 6.10 Å². The number of hydrogen-bond donors (Lipinski definition) is 1. The summed E-state index contributed by atoms with van der Waals surface area (Å²) in [5.41, 5.74) is 2.08. The van der Waals surface area contributed by atoms with Crippen LogP contribution in [0.4, 0.5) is 0 Å². The molecule has 0 aliphatic carbocycles. The number of ether oxygens (including phenoxy) is 2. The molecule has 0 aliphatic heterocycles. The van der Waals surface area contributed by atoms with Crippen molar-refractivity contribution in [1.29, 1.82) is 0 Å². The molecular formula is C20H24O4. The summed E-state index contributed by atoms with van der Waals surface area (Å²) < 4.78 is 10.3. The minimum absolute atomic E-state index is 0.124.